The van der Waals surface area contributed by atoms with Crippen LogP contribution in [0.2, 0.25) is 0 Å². The lowest BCUT2D eigenvalue weighted by molar-refractivity contribution is 0.400. The van der Waals surface area contributed by atoms with E-state index in [-0.39, 0.29) is 0 Å². The van der Waals surface area contributed by atoms with Crippen LogP contribution in [0.1, 0.15) is 5.56 Å². The number of nitrogens with zero attached hydrogens (tertiary/aromatic N) is 1. The molecule has 1 aromatic carbocycles. The zero-order valence-corrected chi connectivity index (χ0v) is 9.40. The summed E-state index contributed by atoms with van der Waals surface area (Å²) in [5, 5.41) is 0. The molecule has 0 saturated carbocycles. The molecule has 16 heavy (non-hydrogen) atoms. The van der Waals surface area contributed by atoms with Crippen molar-refractivity contribution in [3.8, 4) is 17.0 Å². The summed E-state index contributed by atoms with van der Waals surface area (Å²) in [6, 6.07) is 10.1. The molecule has 0 aliphatic carbocycles. The van der Waals surface area contributed by atoms with Crippen LogP contribution in [-0.2, 0) is 0 Å². The van der Waals surface area contributed by atoms with Gasteiger partial charge in [-0.3, -0.25) is 0 Å². The first-order chi connectivity index (χ1) is 7.70. The molecule has 0 atom stereocenters. The molecule has 0 spiro atoms. The van der Waals surface area contributed by atoms with Gasteiger partial charge >= 0.3 is 0 Å². The number of benzene rings is 1. The Morgan fingerprint density at radius 2 is 2.00 bits per heavy atom. The summed E-state index contributed by atoms with van der Waals surface area (Å²) >= 11 is 0. The topological polar surface area (TPSA) is 48.1 Å². The van der Waals surface area contributed by atoms with Gasteiger partial charge in [-0.1, -0.05) is 29.8 Å². The predicted octanol–water partition coefficient (Wildman–Crippen LogP) is 2.65. The average Bonchev–Trinajstić information content (AvgIpc) is 2.29. The molecule has 2 N–H and O–H groups in total. The van der Waals surface area contributed by atoms with Gasteiger partial charge in [-0.05, 0) is 18.6 Å². The zero-order chi connectivity index (χ0) is 11.5. The lowest BCUT2D eigenvalue weighted by Gasteiger charge is -2.06. The van der Waals surface area contributed by atoms with Gasteiger partial charge in [0.25, 0.3) is 0 Å². The van der Waals surface area contributed by atoms with Crippen LogP contribution in [0, 0.1) is 6.92 Å². The van der Waals surface area contributed by atoms with Crippen molar-refractivity contribution in [2.24, 2.45) is 0 Å². The molecule has 0 fully saturated rings. The average molecular weight is 214 g/mol. The minimum Gasteiger partial charge on any atom is -0.480 e. The fourth-order valence-corrected chi connectivity index (χ4v) is 1.62. The molecule has 3 nitrogen and oxygen atoms in total. The summed E-state index contributed by atoms with van der Waals surface area (Å²) in [6.45, 7) is 2.06. The van der Waals surface area contributed by atoms with Gasteiger partial charge in [-0.2, -0.15) is 0 Å². The van der Waals surface area contributed by atoms with E-state index in [2.05, 4.69) is 24.0 Å². The molecule has 0 amide bonds. The van der Waals surface area contributed by atoms with Crippen molar-refractivity contribution in [1.82, 2.24) is 4.98 Å². The van der Waals surface area contributed by atoms with Crippen molar-refractivity contribution in [3.05, 3.63) is 42.1 Å². The number of nitrogens with two attached hydrogens (primary N) is 1. The first kappa shape index (κ1) is 10.5. The standard InChI is InChI=1S/C13H14N2O/c1-9-4-3-5-10(6-9)11-7-12(14)13(16-2)15-8-11/h3-8H,14H2,1-2H3. The van der Waals surface area contributed by atoms with Crippen LogP contribution in [0.25, 0.3) is 11.1 Å². The largest absolute Gasteiger partial charge is 0.480 e. The summed E-state index contributed by atoms with van der Waals surface area (Å²) in [6.07, 6.45) is 1.77. The first-order valence-electron chi connectivity index (χ1n) is 5.07. The molecule has 3 heteroatoms. The zero-order valence-electron chi connectivity index (χ0n) is 9.40. The van der Waals surface area contributed by atoms with Crippen molar-refractivity contribution in [1.29, 1.82) is 0 Å². The third-order valence-corrected chi connectivity index (χ3v) is 2.42. The molecule has 0 aliphatic heterocycles. The molecule has 1 heterocycles. The molecule has 2 aromatic rings. The Kier molecular flexibility index (Phi) is 2.77. The van der Waals surface area contributed by atoms with Gasteiger partial charge in [0.1, 0.15) is 0 Å². The van der Waals surface area contributed by atoms with E-state index >= 15 is 0 Å². The summed E-state index contributed by atoms with van der Waals surface area (Å²) in [5.41, 5.74) is 9.71. The van der Waals surface area contributed by atoms with Crippen LogP contribution >= 0.6 is 0 Å². The van der Waals surface area contributed by atoms with E-state index in [1.807, 2.05) is 18.2 Å². The molecule has 0 bridgehead atoms. The molecule has 0 unspecified atom stereocenters. The third-order valence-electron chi connectivity index (χ3n) is 2.42. The van der Waals surface area contributed by atoms with Gasteiger partial charge in [-0.15, -0.1) is 0 Å². The van der Waals surface area contributed by atoms with Crippen LogP contribution in [0.5, 0.6) is 5.88 Å². The van der Waals surface area contributed by atoms with Crippen LogP contribution in [0.15, 0.2) is 36.5 Å². The number of ether oxygens (including phenoxy) is 1. The van der Waals surface area contributed by atoms with Crippen molar-refractivity contribution in [2.75, 3.05) is 12.8 Å². The summed E-state index contributed by atoms with van der Waals surface area (Å²) in [5.74, 6) is 0.469. The number of pyridine rings is 1. The highest BCUT2D eigenvalue weighted by molar-refractivity contribution is 5.68. The summed E-state index contributed by atoms with van der Waals surface area (Å²) < 4.78 is 5.02. The maximum absolute atomic E-state index is 5.82. The second-order valence-electron chi connectivity index (χ2n) is 3.69. The van der Waals surface area contributed by atoms with Crippen molar-refractivity contribution >= 4 is 5.69 Å². The maximum Gasteiger partial charge on any atom is 0.236 e. The Bertz CT molecular complexity index is 509. The number of hydrogen-bond acceptors (Lipinski definition) is 3. The number of aromatic nitrogens is 1. The van der Waals surface area contributed by atoms with Crippen LogP contribution in [0.4, 0.5) is 5.69 Å². The van der Waals surface area contributed by atoms with E-state index in [9.17, 15) is 0 Å². The van der Waals surface area contributed by atoms with E-state index in [0.717, 1.165) is 11.1 Å². The normalized spacial score (nSPS) is 10.1. The number of hydrogen-bond donors (Lipinski definition) is 1. The summed E-state index contributed by atoms with van der Waals surface area (Å²) in [4.78, 5) is 4.16. The Hall–Kier alpha value is -2.03. The van der Waals surface area contributed by atoms with E-state index < -0.39 is 0 Å². The van der Waals surface area contributed by atoms with Gasteiger partial charge in [-0.25, -0.2) is 4.98 Å². The second-order valence-corrected chi connectivity index (χ2v) is 3.69. The van der Waals surface area contributed by atoms with Gasteiger partial charge in [0.05, 0.1) is 12.8 Å². The number of anilines is 1. The van der Waals surface area contributed by atoms with E-state index in [1.165, 1.54) is 5.56 Å². The molecule has 82 valence electrons. The lowest BCUT2D eigenvalue weighted by Crippen LogP contribution is -1.95. The predicted molar refractivity (Wildman–Crippen MR) is 65.4 cm³/mol. The third kappa shape index (κ3) is 1.98. The molecule has 1 aromatic heterocycles. The molecular formula is C13H14N2O. The van der Waals surface area contributed by atoms with Crippen molar-refractivity contribution in [2.45, 2.75) is 6.92 Å². The fourth-order valence-electron chi connectivity index (χ4n) is 1.62. The quantitative estimate of drug-likeness (QED) is 0.836. The smallest absolute Gasteiger partial charge is 0.236 e. The monoisotopic (exact) mass is 214 g/mol. The van der Waals surface area contributed by atoms with Gasteiger partial charge in [0.15, 0.2) is 0 Å². The van der Waals surface area contributed by atoms with Gasteiger partial charge < -0.3 is 10.5 Å². The van der Waals surface area contributed by atoms with E-state index in [0.29, 0.717) is 11.6 Å². The Morgan fingerprint density at radius 3 is 2.62 bits per heavy atom. The first-order valence-corrected chi connectivity index (χ1v) is 5.07. The van der Waals surface area contributed by atoms with Crippen LogP contribution < -0.4 is 10.5 Å². The SMILES string of the molecule is COc1ncc(-c2cccc(C)c2)cc1N. The highest BCUT2D eigenvalue weighted by Crippen LogP contribution is 2.26. The van der Waals surface area contributed by atoms with Crippen LogP contribution in [-0.4, -0.2) is 12.1 Å². The molecule has 0 saturated heterocycles. The number of methoxy groups -OCH3 is 1. The highest BCUT2D eigenvalue weighted by Gasteiger charge is 2.04. The Balaban J connectivity index is 2.45. The molecule has 2 rings (SSSR count). The molecule has 0 radical (unpaired) electrons. The van der Waals surface area contributed by atoms with Gasteiger partial charge in [0.2, 0.25) is 5.88 Å². The number of nitrogen functional groups attached to an aromatic ring is 1. The Morgan fingerprint density at radius 1 is 1.19 bits per heavy atom. The minimum absolute atomic E-state index is 0.469. The minimum atomic E-state index is 0.469. The van der Waals surface area contributed by atoms with Crippen molar-refractivity contribution < 1.29 is 4.74 Å². The molecule has 0 aliphatic rings. The van der Waals surface area contributed by atoms with E-state index in [1.54, 1.807) is 13.3 Å². The van der Waals surface area contributed by atoms with Crippen LogP contribution in [0.3, 0.4) is 0 Å². The van der Waals surface area contributed by atoms with Gasteiger partial charge in [0, 0.05) is 11.8 Å². The highest BCUT2D eigenvalue weighted by atomic mass is 16.5. The summed E-state index contributed by atoms with van der Waals surface area (Å²) in [7, 11) is 1.56. The number of aryl methyl sites for hydroxylation is 1. The lowest BCUT2D eigenvalue weighted by atomic mass is 10.1. The van der Waals surface area contributed by atoms with E-state index in [4.69, 9.17) is 10.5 Å². The maximum atomic E-state index is 5.82. The Labute approximate surface area is 94.9 Å². The fraction of sp³-hybridized carbons (Fsp3) is 0.154. The second kappa shape index (κ2) is 4.23. The molecular weight excluding hydrogens is 200 g/mol. The number of rotatable bonds is 2. The van der Waals surface area contributed by atoms with Crippen molar-refractivity contribution in [3.63, 3.8) is 0 Å².